The Morgan fingerprint density at radius 3 is 2.71 bits per heavy atom. The van der Waals surface area contributed by atoms with Gasteiger partial charge in [0, 0.05) is 24.2 Å². The lowest BCUT2D eigenvalue weighted by molar-refractivity contribution is -0.120. The number of benzene rings is 1. The van der Waals surface area contributed by atoms with Crippen LogP contribution in [0.25, 0.3) is 0 Å². The normalized spacial score (nSPS) is 12.2. The highest BCUT2D eigenvalue weighted by atomic mass is 19.1. The van der Waals surface area contributed by atoms with E-state index < -0.39 is 11.6 Å². The van der Waals surface area contributed by atoms with E-state index in [1.165, 1.54) is 12.1 Å². The first-order valence-electron chi connectivity index (χ1n) is 5.49. The molecule has 0 spiro atoms. The smallest absolute Gasteiger partial charge is 0.233 e. The van der Waals surface area contributed by atoms with Gasteiger partial charge in [0.05, 0.1) is 6.54 Å². The van der Waals surface area contributed by atoms with Crippen LogP contribution in [-0.2, 0) is 4.79 Å². The van der Waals surface area contributed by atoms with Gasteiger partial charge in [0.1, 0.15) is 11.6 Å². The summed E-state index contributed by atoms with van der Waals surface area (Å²) in [5.74, 6) is -1.37. The van der Waals surface area contributed by atoms with Crippen molar-refractivity contribution < 1.29 is 13.6 Å². The molecule has 0 saturated heterocycles. The first-order chi connectivity index (χ1) is 8.04. The summed E-state index contributed by atoms with van der Waals surface area (Å²) < 4.78 is 26.1. The van der Waals surface area contributed by atoms with E-state index in [0.717, 1.165) is 6.07 Å². The third-order valence-electron chi connectivity index (χ3n) is 2.37. The monoisotopic (exact) mass is 242 g/mol. The molecule has 0 heterocycles. The summed E-state index contributed by atoms with van der Waals surface area (Å²) in [6.45, 7) is 4.20. The zero-order valence-corrected chi connectivity index (χ0v) is 9.89. The predicted molar refractivity (Wildman–Crippen MR) is 61.5 cm³/mol. The molecule has 1 aromatic carbocycles. The fraction of sp³-hybridized carbons (Fsp3) is 0.417. The van der Waals surface area contributed by atoms with Crippen LogP contribution in [0.15, 0.2) is 18.2 Å². The zero-order chi connectivity index (χ0) is 12.8. The molecule has 3 nitrogen and oxygen atoms in total. The minimum atomic E-state index is -0.610. The van der Waals surface area contributed by atoms with Gasteiger partial charge in [-0.15, -0.1) is 0 Å². The van der Waals surface area contributed by atoms with Crippen molar-refractivity contribution in [3.05, 3.63) is 35.4 Å². The number of nitrogens with one attached hydrogen (secondary N) is 2. The van der Waals surface area contributed by atoms with Crippen LogP contribution in [0.4, 0.5) is 8.78 Å². The average molecular weight is 242 g/mol. The number of hydrogen-bond donors (Lipinski definition) is 2. The van der Waals surface area contributed by atoms with Crippen molar-refractivity contribution >= 4 is 5.91 Å². The van der Waals surface area contributed by atoms with Crippen LogP contribution >= 0.6 is 0 Å². The van der Waals surface area contributed by atoms with Crippen LogP contribution in [0, 0.1) is 11.6 Å². The van der Waals surface area contributed by atoms with Crippen molar-refractivity contribution in [3.8, 4) is 0 Å². The van der Waals surface area contributed by atoms with Gasteiger partial charge in [0.25, 0.3) is 0 Å². The Labute approximate surface area is 99.2 Å². The third kappa shape index (κ3) is 4.11. The summed E-state index contributed by atoms with van der Waals surface area (Å²) in [4.78, 5) is 11.2. The number of carbonyl (C=O) groups is 1. The van der Waals surface area contributed by atoms with E-state index in [-0.39, 0.29) is 18.5 Å². The van der Waals surface area contributed by atoms with Gasteiger partial charge < -0.3 is 10.6 Å². The highest BCUT2D eigenvalue weighted by Gasteiger charge is 2.12. The molecule has 0 aliphatic carbocycles. The Morgan fingerprint density at radius 2 is 2.12 bits per heavy atom. The molecule has 5 heteroatoms. The topological polar surface area (TPSA) is 41.1 Å². The lowest BCUT2D eigenvalue weighted by Crippen LogP contribution is -2.35. The number of amides is 1. The van der Waals surface area contributed by atoms with Crippen molar-refractivity contribution in [2.75, 3.05) is 13.1 Å². The summed E-state index contributed by atoms with van der Waals surface area (Å²) in [5, 5.41) is 5.49. The fourth-order valence-corrected chi connectivity index (χ4v) is 1.47. The third-order valence-corrected chi connectivity index (χ3v) is 2.37. The van der Waals surface area contributed by atoms with Crippen LogP contribution in [0.5, 0.6) is 0 Å². The molecule has 94 valence electrons. The van der Waals surface area contributed by atoms with E-state index >= 15 is 0 Å². The molecule has 0 aromatic heterocycles. The van der Waals surface area contributed by atoms with E-state index in [2.05, 4.69) is 10.6 Å². The van der Waals surface area contributed by atoms with Gasteiger partial charge in [-0.25, -0.2) is 8.78 Å². The van der Waals surface area contributed by atoms with Crippen molar-refractivity contribution in [1.29, 1.82) is 0 Å². The molecule has 0 aliphatic heterocycles. The molecule has 1 atom stereocenters. The number of likely N-dealkylation sites (N-methyl/N-ethyl adjacent to an activating group) is 1. The molecule has 1 aromatic rings. The lowest BCUT2D eigenvalue weighted by Gasteiger charge is -2.14. The van der Waals surface area contributed by atoms with Crippen molar-refractivity contribution in [2.24, 2.45) is 0 Å². The summed E-state index contributed by atoms with van der Waals surface area (Å²) >= 11 is 0. The van der Waals surface area contributed by atoms with Gasteiger partial charge in [0.2, 0.25) is 5.91 Å². The highest BCUT2D eigenvalue weighted by molar-refractivity contribution is 5.77. The summed E-state index contributed by atoms with van der Waals surface area (Å²) in [6, 6.07) is 3.06. The molecule has 0 fully saturated rings. The molecule has 1 amide bonds. The second-order valence-electron chi connectivity index (χ2n) is 3.72. The Hall–Kier alpha value is -1.49. The van der Waals surface area contributed by atoms with Gasteiger partial charge in [-0.05, 0) is 19.9 Å². The van der Waals surface area contributed by atoms with Crippen LogP contribution in [0.1, 0.15) is 25.5 Å². The molecule has 0 bridgehead atoms. The molecule has 0 saturated carbocycles. The maximum Gasteiger partial charge on any atom is 0.233 e. The van der Waals surface area contributed by atoms with E-state index in [9.17, 15) is 13.6 Å². The van der Waals surface area contributed by atoms with Gasteiger partial charge in [-0.3, -0.25) is 4.79 Å². The molecule has 0 unspecified atom stereocenters. The Bertz CT molecular complexity index is 396. The average Bonchev–Trinajstić information content (AvgIpc) is 2.26. The summed E-state index contributed by atoms with van der Waals surface area (Å²) in [7, 11) is 0. The molecule has 2 N–H and O–H groups in total. The van der Waals surface area contributed by atoms with E-state index in [0.29, 0.717) is 12.1 Å². The number of carbonyl (C=O) groups excluding carboxylic acids is 1. The molecular formula is C12H16F2N2O. The minimum absolute atomic E-state index is 0.103. The SMILES string of the molecule is CCNC(=O)CN[C@@H](C)c1ccc(F)cc1F. The number of hydrogen-bond acceptors (Lipinski definition) is 2. The Balaban J connectivity index is 2.57. The molecule has 0 aliphatic rings. The van der Waals surface area contributed by atoms with Gasteiger partial charge in [-0.1, -0.05) is 6.07 Å². The first-order valence-corrected chi connectivity index (χ1v) is 5.49. The molecule has 1 rings (SSSR count). The van der Waals surface area contributed by atoms with Crippen molar-refractivity contribution in [2.45, 2.75) is 19.9 Å². The maximum absolute atomic E-state index is 13.4. The largest absolute Gasteiger partial charge is 0.355 e. The van der Waals surface area contributed by atoms with Gasteiger partial charge in [-0.2, -0.15) is 0 Å². The quantitative estimate of drug-likeness (QED) is 0.826. The fourth-order valence-electron chi connectivity index (χ4n) is 1.47. The standard InChI is InChI=1S/C12H16F2N2O/c1-3-15-12(17)7-16-8(2)10-5-4-9(13)6-11(10)14/h4-6,8,16H,3,7H2,1-2H3,(H,15,17)/t8-/m0/s1. The van der Waals surface area contributed by atoms with Gasteiger partial charge in [0.15, 0.2) is 0 Å². The van der Waals surface area contributed by atoms with Crippen LogP contribution in [0.3, 0.4) is 0 Å². The van der Waals surface area contributed by atoms with E-state index in [1.807, 2.05) is 6.92 Å². The maximum atomic E-state index is 13.4. The van der Waals surface area contributed by atoms with E-state index in [1.54, 1.807) is 6.92 Å². The summed E-state index contributed by atoms with van der Waals surface area (Å²) in [6.07, 6.45) is 0. The highest BCUT2D eigenvalue weighted by Crippen LogP contribution is 2.17. The van der Waals surface area contributed by atoms with Gasteiger partial charge >= 0.3 is 0 Å². The first kappa shape index (κ1) is 13.6. The van der Waals surface area contributed by atoms with Crippen LogP contribution < -0.4 is 10.6 Å². The van der Waals surface area contributed by atoms with Crippen LogP contribution in [0.2, 0.25) is 0 Å². The Kier molecular flexibility index (Phi) is 5.03. The lowest BCUT2D eigenvalue weighted by atomic mass is 10.1. The second-order valence-corrected chi connectivity index (χ2v) is 3.72. The molecule has 0 radical (unpaired) electrons. The molecule has 17 heavy (non-hydrogen) atoms. The second kappa shape index (κ2) is 6.30. The predicted octanol–water partition coefficient (Wildman–Crippen LogP) is 1.75. The summed E-state index contributed by atoms with van der Waals surface area (Å²) in [5.41, 5.74) is 0.343. The molecular weight excluding hydrogens is 226 g/mol. The van der Waals surface area contributed by atoms with E-state index in [4.69, 9.17) is 0 Å². The van der Waals surface area contributed by atoms with Crippen molar-refractivity contribution in [3.63, 3.8) is 0 Å². The minimum Gasteiger partial charge on any atom is -0.355 e. The van der Waals surface area contributed by atoms with Crippen LogP contribution in [-0.4, -0.2) is 19.0 Å². The number of halogens is 2. The number of rotatable bonds is 5. The Morgan fingerprint density at radius 1 is 1.41 bits per heavy atom. The van der Waals surface area contributed by atoms with Crippen molar-refractivity contribution in [1.82, 2.24) is 10.6 Å². The zero-order valence-electron chi connectivity index (χ0n) is 9.89.